The van der Waals surface area contributed by atoms with Gasteiger partial charge in [-0.15, -0.1) is 0 Å². The highest BCUT2D eigenvalue weighted by Gasteiger charge is 2.16. The van der Waals surface area contributed by atoms with E-state index in [-0.39, 0.29) is 11.9 Å². The maximum atomic E-state index is 12.1. The van der Waals surface area contributed by atoms with Gasteiger partial charge in [0.1, 0.15) is 5.69 Å². The zero-order valence-corrected chi connectivity index (χ0v) is 12.6. The maximum Gasteiger partial charge on any atom is 0.271 e. The normalized spacial score (nSPS) is 12.2. The number of carbonyl (C=O) groups excluding carboxylic acids is 1. The van der Waals surface area contributed by atoms with Gasteiger partial charge < -0.3 is 10.2 Å². The van der Waals surface area contributed by atoms with Crippen molar-refractivity contribution in [3.05, 3.63) is 59.7 Å². The number of nitrogens with zero attached hydrogens (tertiary/aromatic N) is 3. The number of rotatable bonds is 5. The second-order valence-corrected chi connectivity index (χ2v) is 5.14. The van der Waals surface area contributed by atoms with Crippen molar-refractivity contribution in [1.29, 1.82) is 0 Å². The van der Waals surface area contributed by atoms with Crippen molar-refractivity contribution in [3.8, 4) is 0 Å². The third-order valence-corrected chi connectivity index (χ3v) is 3.28. The Labute approximate surface area is 125 Å². The molecule has 2 aromatic rings. The fraction of sp³-hybridized carbons (Fsp3) is 0.312. The van der Waals surface area contributed by atoms with E-state index in [2.05, 4.69) is 32.3 Å². The zero-order valence-electron chi connectivity index (χ0n) is 12.6. The number of hydrogen-bond donors (Lipinski definition) is 1. The van der Waals surface area contributed by atoms with E-state index in [1.807, 2.05) is 39.2 Å². The smallest absolute Gasteiger partial charge is 0.271 e. The summed E-state index contributed by atoms with van der Waals surface area (Å²) in [6, 6.07) is 10.2. The summed E-state index contributed by atoms with van der Waals surface area (Å²) in [6.45, 7) is 2.36. The monoisotopic (exact) mass is 284 g/mol. The minimum atomic E-state index is -0.203. The summed E-state index contributed by atoms with van der Waals surface area (Å²) in [5, 5.41) is 2.92. The molecule has 1 aromatic heterocycles. The Bertz CT molecular complexity index is 581. The van der Waals surface area contributed by atoms with Gasteiger partial charge in [0.2, 0.25) is 0 Å². The van der Waals surface area contributed by atoms with Gasteiger partial charge in [-0.1, -0.05) is 30.3 Å². The molecule has 1 heterocycles. The van der Waals surface area contributed by atoms with Crippen LogP contribution in [-0.4, -0.2) is 41.4 Å². The topological polar surface area (TPSA) is 58.1 Å². The molecule has 1 aromatic carbocycles. The lowest BCUT2D eigenvalue weighted by molar-refractivity contribution is 0.0936. The summed E-state index contributed by atoms with van der Waals surface area (Å²) in [4.78, 5) is 22.3. The van der Waals surface area contributed by atoms with E-state index in [4.69, 9.17) is 0 Å². The van der Waals surface area contributed by atoms with E-state index in [1.165, 1.54) is 6.20 Å². The zero-order chi connectivity index (χ0) is 15.2. The highest BCUT2D eigenvalue weighted by atomic mass is 16.1. The van der Waals surface area contributed by atoms with Crippen LogP contribution in [0.3, 0.4) is 0 Å². The lowest BCUT2D eigenvalue weighted by atomic mass is 10.1. The average Bonchev–Trinajstić information content (AvgIpc) is 2.48. The first-order valence-corrected chi connectivity index (χ1v) is 6.86. The summed E-state index contributed by atoms with van der Waals surface area (Å²) in [5.74, 6) is -0.203. The SMILES string of the molecule is Cc1cnc(C(=O)NC[C@@H](c2ccccc2)N(C)C)cn1. The number of aryl methyl sites for hydroxylation is 1. The molecule has 0 bridgehead atoms. The molecule has 21 heavy (non-hydrogen) atoms. The molecule has 1 N–H and O–H groups in total. The molecule has 0 aliphatic heterocycles. The molecule has 0 fully saturated rings. The van der Waals surface area contributed by atoms with Gasteiger partial charge in [0.05, 0.1) is 17.9 Å². The number of carbonyl (C=O) groups is 1. The second-order valence-electron chi connectivity index (χ2n) is 5.14. The molecule has 0 aliphatic rings. The molecule has 110 valence electrons. The van der Waals surface area contributed by atoms with E-state index in [9.17, 15) is 4.79 Å². The Balaban J connectivity index is 2.02. The average molecular weight is 284 g/mol. The molecule has 0 unspecified atom stereocenters. The van der Waals surface area contributed by atoms with Crippen molar-refractivity contribution in [3.63, 3.8) is 0 Å². The Morgan fingerprint density at radius 3 is 2.48 bits per heavy atom. The maximum absolute atomic E-state index is 12.1. The van der Waals surface area contributed by atoms with Gasteiger partial charge in [-0.2, -0.15) is 0 Å². The van der Waals surface area contributed by atoms with Gasteiger partial charge in [0, 0.05) is 12.7 Å². The summed E-state index contributed by atoms with van der Waals surface area (Å²) in [7, 11) is 3.99. The largest absolute Gasteiger partial charge is 0.349 e. The summed E-state index contributed by atoms with van der Waals surface area (Å²) in [5.41, 5.74) is 2.30. The van der Waals surface area contributed by atoms with Crippen molar-refractivity contribution < 1.29 is 4.79 Å². The molecule has 0 spiro atoms. The molecule has 0 saturated heterocycles. The number of aromatic nitrogens is 2. The van der Waals surface area contributed by atoms with Crippen molar-refractivity contribution in [2.75, 3.05) is 20.6 Å². The molecular weight excluding hydrogens is 264 g/mol. The first kappa shape index (κ1) is 15.1. The molecule has 0 aliphatic carbocycles. The van der Waals surface area contributed by atoms with E-state index in [1.54, 1.807) is 6.20 Å². The van der Waals surface area contributed by atoms with Gasteiger partial charge in [-0.05, 0) is 26.6 Å². The van der Waals surface area contributed by atoms with E-state index in [0.717, 1.165) is 11.3 Å². The fourth-order valence-electron chi connectivity index (χ4n) is 2.06. The van der Waals surface area contributed by atoms with E-state index >= 15 is 0 Å². The minimum Gasteiger partial charge on any atom is -0.349 e. The molecule has 1 amide bonds. The van der Waals surface area contributed by atoms with Crippen molar-refractivity contribution >= 4 is 5.91 Å². The molecule has 5 heteroatoms. The quantitative estimate of drug-likeness (QED) is 0.910. The highest BCUT2D eigenvalue weighted by molar-refractivity contribution is 5.91. The van der Waals surface area contributed by atoms with E-state index in [0.29, 0.717) is 12.2 Å². The van der Waals surface area contributed by atoms with Crippen LogP contribution in [0.15, 0.2) is 42.7 Å². The Morgan fingerprint density at radius 2 is 1.90 bits per heavy atom. The molecule has 0 saturated carbocycles. The first-order valence-electron chi connectivity index (χ1n) is 6.86. The summed E-state index contributed by atoms with van der Waals surface area (Å²) in [6.07, 6.45) is 3.09. The molecule has 0 radical (unpaired) electrons. The van der Waals surface area contributed by atoms with Gasteiger partial charge in [-0.25, -0.2) is 4.98 Å². The lowest BCUT2D eigenvalue weighted by Crippen LogP contribution is -2.34. The van der Waals surface area contributed by atoms with Crippen LogP contribution in [-0.2, 0) is 0 Å². The number of hydrogen-bond acceptors (Lipinski definition) is 4. The molecule has 2 rings (SSSR count). The third-order valence-electron chi connectivity index (χ3n) is 3.28. The van der Waals surface area contributed by atoms with Gasteiger partial charge in [0.25, 0.3) is 5.91 Å². The van der Waals surface area contributed by atoms with Gasteiger partial charge in [-0.3, -0.25) is 9.78 Å². The predicted molar refractivity (Wildman–Crippen MR) is 82.0 cm³/mol. The van der Waals surface area contributed by atoms with Crippen molar-refractivity contribution in [2.45, 2.75) is 13.0 Å². The molecule has 1 atom stereocenters. The minimum absolute atomic E-state index is 0.119. The van der Waals surface area contributed by atoms with Crippen LogP contribution in [0.5, 0.6) is 0 Å². The fourth-order valence-corrected chi connectivity index (χ4v) is 2.06. The molecule has 5 nitrogen and oxygen atoms in total. The van der Waals surface area contributed by atoms with Crippen LogP contribution in [0, 0.1) is 6.92 Å². The number of nitrogens with one attached hydrogen (secondary N) is 1. The number of amides is 1. The van der Waals surface area contributed by atoms with Gasteiger partial charge in [0.15, 0.2) is 0 Å². The third kappa shape index (κ3) is 4.10. The van der Waals surface area contributed by atoms with Crippen LogP contribution in [0.2, 0.25) is 0 Å². The Morgan fingerprint density at radius 1 is 1.19 bits per heavy atom. The Kier molecular flexibility index (Phi) is 5.00. The molecular formula is C16H20N4O. The highest BCUT2D eigenvalue weighted by Crippen LogP contribution is 2.16. The summed E-state index contributed by atoms with van der Waals surface area (Å²) >= 11 is 0. The van der Waals surface area contributed by atoms with Crippen molar-refractivity contribution in [1.82, 2.24) is 20.2 Å². The number of benzene rings is 1. The number of likely N-dealkylation sites (N-methyl/N-ethyl adjacent to an activating group) is 1. The predicted octanol–water partition coefficient (Wildman–Crippen LogP) is 1.82. The standard InChI is InChI=1S/C16H20N4O/c1-12-9-18-14(10-17-12)16(21)19-11-15(20(2)3)13-7-5-4-6-8-13/h4-10,15H,11H2,1-3H3,(H,19,21)/t15-/m0/s1. The van der Waals surface area contributed by atoms with Crippen LogP contribution >= 0.6 is 0 Å². The second kappa shape index (κ2) is 6.95. The van der Waals surface area contributed by atoms with Crippen LogP contribution in [0.4, 0.5) is 0 Å². The van der Waals surface area contributed by atoms with Crippen molar-refractivity contribution in [2.24, 2.45) is 0 Å². The van der Waals surface area contributed by atoms with E-state index < -0.39 is 0 Å². The Hall–Kier alpha value is -2.27. The van der Waals surface area contributed by atoms with Crippen LogP contribution in [0.25, 0.3) is 0 Å². The summed E-state index contributed by atoms with van der Waals surface area (Å²) < 4.78 is 0. The first-order chi connectivity index (χ1) is 10.1. The lowest BCUT2D eigenvalue weighted by Gasteiger charge is -2.25. The van der Waals surface area contributed by atoms with Gasteiger partial charge >= 0.3 is 0 Å². The van der Waals surface area contributed by atoms with Crippen LogP contribution in [0.1, 0.15) is 27.8 Å². The van der Waals surface area contributed by atoms with Crippen LogP contribution < -0.4 is 5.32 Å².